The third kappa shape index (κ3) is 3.28. The van der Waals surface area contributed by atoms with Gasteiger partial charge in [-0.25, -0.2) is 4.79 Å². The molecule has 0 saturated heterocycles. The zero-order valence-corrected chi connectivity index (χ0v) is 13.5. The third-order valence-electron chi connectivity index (χ3n) is 3.67. The monoisotopic (exact) mass is 345 g/mol. The van der Waals surface area contributed by atoms with Crippen LogP contribution in [0.5, 0.6) is 0 Å². The largest absolute Gasteiger partial charge is 0.452 e. The van der Waals surface area contributed by atoms with Gasteiger partial charge in [-0.1, -0.05) is 0 Å². The molecule has 0 fully saturated rings. The van der Waals surface area contributed by atoms with Gasteiger partial charge in [-0.2, -0.15) is 0 Å². The maximum atomic E-state index is 12.0. The van der Waals surface area contributed by atoms with Gasteiger partial charge in [0.05, 0.1) is 11.1 Å². The van der Waals surface area contributed by atoms with E-state index in [1.165, 1.54) is 35.9 Å². The molecule has 7 nitrogen and oxygen atoms in total. The normalized spacial score (nSPS) is 12.5. The topological polar surface area (TPSA) is 111 Å². The summed E-state index contributed by atoms with van der Waals surface area (Å²) in [6.45, 7) is -0.443. The SMILES string of the molecule is NC(=O)c1c(NC(=O)COC(=O)c2ccncc2)sc2c1CCC2. The second-order valence-corrected chi connectivity index (χ2v) is 6.39. The second kappa shape index (κ2) is 6.79. The Labute approximate surface area is 141 Å². The molecule has 0 radical (unpaired) electrons. The number of hydrogen-bond acceptors (Lipinski definition) is 6. The highest BCUT2D eigenvalue weighted by atomic mass is 32.1. The van der Waals surface area contributed by atoms with E-state index in [-0.39, 0.29) is 0 Å². The molecule has 2 aromatic rings. The number of rotatable bonds is 5. The van der Waals surface area contributed by atoms with Crippen LogP contribution >= 0.6 is 11.3 Å². The minimum absolute atomic E-state index is 0.311. The van der Waals surface area contributed by atoms with Gasteiger partial charge in [0.1, 0.15) is 5.00 Å². The first-order valence-corrected chi connectivity index (χ1v) is 8.19. The van der Waals surface area contributed by atoms with Crippen molar-refractivity contribution in [3.63, 3.8) is 0 Å². The highest BCUT2D eigenvalue weighted by Crippen LogP contribution is 2.38. The number of anilines is 1. The lowest BCUT2D eigenvalue weighted by Crippen LogP contribution is -2.22. The van der Waals surface area contributed by atoms with Gasteiger partial charge in [0.2, 0.25) is 0 Å². The van der Waals surface area contributed by atoms with Gasteiger partial charge in [-0.05, 0) is 37.0 Å². The number of aryl methyl sites for hydroxylation is 1. The standard InChI is InChI=1S/C16H15N3O4S/c17-14(21)13-10-2-1-3-11(10)24-15(13)19-12(20)8-23-16(22)9-4-6-18-7-5-9/h4-7H,1-3,8H2,(H2,17,21)(H,19,20). The number of primary amides is 1. The summed E-state index contributed by atoms with van der Waals surface area (Å²) < 4.78 is 4.95. The van der Waals surface area contributed by atoms with Crippen LogP contribution in [0.3, 0.4) is 0 Å². The summed E-state index contributed by atoms with van der Waals surface area (Å²) >= 11 is 1.35. The minimum Gasteiger partial charge on any atom is -0.452 e. The van der Waals surface area contributed by atoms with E-state index in [1.807, 2.05) is 0 Å². The van der Waals surface area contributed by atoms with E-state index in [0.717, 1.165) is 29.7 Å². The van der Waals surface area contributed by atoms with Gasteiger partial charge in [-0.3, -0.25) is 14.6 Å². The molecule has 0 aromatic carbocycles. The summed E-state index contributed by atoms with van der Waals surface area (Å²) in [4.78, 5) is 40.3. The molecule has 0 saturated carbocycles. The lowest BCUT2D eigenvalue weighted by Gasteiger charge is -2.07. The molecule has 2 heterocycles. The van der Waals surface area contributed by atoms with Crippen LogP contribution in [0.25, 0.3) is 0 Å². The summed E-state index contributed by atoms with van der Waals surface area (Å²) in [5.74, 6) is -1.69. The maximum Gasteiger partial charge on any atom is 0.338 e. The molecular weight excluding hydrogens is 330 g/mol. The van der Waals surface area contributed by atoms with Crippen molar-refractivity contribution in [3.05, 3.63) is 46.1 Å². The van der Waals surface area contributed by atoms with Gasteiger partial charge in [0, 0.05) is 17.3 Å². The summed E-state index contributed by atoms with van der Waals surface area (Å²) in [6.07, 6.45) is 5.58. The number of esters is 1. The van der Waals surface area contributed by atoms with E-state index in [9.17, 15) is 14.4 Å². The number of carbonyl (C=O) groups excluding carboxylic acids is 3. The fourth-order valence-electron chi connectivity index (χ4n) is 2.62. The van der Waals surface area contributed by atoms with Gasteiger partial charge < -0.3 is 15.8 Å². The molecule has 2 amide bonds. The van der Waals surface area contributed by atoms with Crippen molar-refractivity contribution in [2.45, 2.75) is 19.3 Å². The number of aromatic nitrogens is 1. The van der Waals surface area contributed by atoms with Crippen LogP contribution in [0, 0.1) is 0 Å². The van der Waals surface area contributed by atoms with Crippen molar-refractivity contribution >= 4 is 34.1 Å². The molecule has 8 heteroatoms. The van der Waals surface area contributed by atoms with Crippen LogP contribution in [-0.4, -0.2) is 29.4 Å². The van der Waals surface area contributed by atoms with E-state index in [2.05, 4.69) is 10.3 Å². The van der Waals surface area contributed by atoms with E-state index < -0.39 is 24.4 Å². The van der Waals surface area contributed by atoms with Gasteiger partial charge >= 0.3 is 5.97 Å². The molecule has 3 rings (SSSR count). The fourth-order valence-corrected chi connectivity index (χ4v) is 3.93. The molecule has 124 valence electrons. The lowest BCUT2D eigenvalue weighted by molar-refractivity contribution is -0.119. The number of hydrogen-bond donors (Lipinski definition) is 2. The number of nitrogens with two attached hydrogens (primary N) is 1. The Morgan fingerprint density at radius 3 is 2.71 bits per heavy atom. The van der Waals surface area contributed by atoms with Crippen LogP contribution in [0.15, 0.2) is 24.5 Å². The molecule has 0 aliphatic heterocycles. The number of carbonyl (C=O) groups is 3. The highest BCUT2D eigenvalue weighted by molar-refractivity contribution is 7.17. The van der Waals surface area contributed by atoms with Crippen LogP contribution in [-0.2, 0) is 22.4 Å². The Kier molecular flexibility index (Phi) is 4.57. The predicted octanol–water partition coefficient (Wildman–Crippen LogP) is 1.53. The molecule has 0 spiro atoms. The quantitative estimate of drug-likeness (QED) is 0.798. The zero-order valence-electron chi connectivity index (χ0n) is 12.7. The highest BCUT2D eigenvalue weighted by Gasteiger charge is 2.26. The molecular formula is C16H15N3O4S. The summed E-state index contributed by atoms with van der Waals surface area (Å²) in [6, 6.07) is 2.99. The molecule has 1 aliphatic carbocycles. The van der Waals surface area contributed by atoms with Crippen molar-refractivity contribution < 1.29 is 19.1 Å². The molecule has 0 bridgehead atoms. The van der Waals surface area contributed by atoms with Crippen molar-refractivity contribution in [1.29, 1.82) is 0 Å². The van der Waals surface area contributed by atoms with Crippen molar-refractivity contribution in [3.8, 4) is 0 Å². The third-order valence-corrected chi connectivity index (χ3v) is 4.88. The Morgan fingerprint density at radius 2 is 2.00 bits per heavy atom. The Bertz CT molecular complexity index is 801. The number of pyridine rings is 1. The van der Waals surface area contributed by atoms with E-state index in [4.69, 9.17) is 10.5 Å². The number of fused-ring (bicyclic) bond motifs is 1. The second-order valence-electron chi connectivity index (χ2n) is 5.29. The first kappa shape index (κ1) is 16.1. The summed E-state index contributed by atoms with van der Waals surface area (Å²) in [5, 5.41) is 3.05. The maximum absolute atomic E-state index is 12.0. The van der Waals surface area contributed by atoms with Crippen molar-refractivity contribution in [2.24, 2.45) is 5.73 Å². The first-order chi connectivity index (χ1) is 11.6. The molecule has 24 heavy (non-hydrogen) atoms. The van der Waals surface area contributed by atoms with Crippen molar-refractivity contribution in [2.75, 3.05) is 11.9 Å². The van der Waals surface area contributed by atoms with Crippen molar-refractivity contribution in [1.82, 2.24) is 4.98 Å². The first-order valence-electron chi connectivity index (χ1n) is 7.37. The Hall–Kier alpha value is -2.74. The fraction of sp³-hybridized carbons (Fsp3) is 0.250. The molecule has 1 aliphatic rings. The average Bonchev–Trinajstić information content (AvgIpc) is 3.13. The minimum atomic E-state index is -0.614. The number of ether oxygens (including phenoxy) is 1. The van der Waals surface area contributed by atoms with Gasteiger partial charge in [0.25, 0.3) is 11.8 Å². The van der Waals surface area contributed by atoms with Crippen LogP contribution in [0.1, 0.15) is 37.6 Å². The van der Waals surface area contributed by atoms with Crippen LogP contribution in [0.2, 0.25) is 0 Å². The number of amides is 2. The van der Waals surface area contributed by atoms with E-state index >= 15 is 0 Å². The average molecular weight is 345 g/mol. The Morgan fingerprint density at radius 1 is 1.25 bits per heavy atom. The molecule has 3 N–H and O–H groups in total. The van der Waals surface area contributed by atoms with E-state index in [0.29, 0.717) is 16.1 Å². The van der Waals surface area contributed by atoms with E-state index in [1.54, 1.807) is 0 Å². The number of thiophene rings is 1. The van der Waals surface area contributed by atoms with Gasteiger partial charge in [-0.15, -0.1) is 11.3 Å². The van der Waals surface area contributed by atoms with Crippen LogP contribution < -0.4 is 11.1 Å². The number of nitrogens with one attached hydrogen (secondary N) is 1. The predicted molar refractivity (Wildman–Crippen MR) is 88.0 cm³/mol. The van der Waals surface area contributed by atoms with Gasteiger partial charge in [0.15, 0.2) is 6.61 Å². The Balaban J connectivity index is 1.64. The van der Waals surface area contributed by atoms with Crippen LogP contribution in [0.4, 0.5) is 5.00 Å². The molecule has 0 unspecified atom stereocenters. The summed E-state index contributed by atoms with van der Waals surface area (Å²) in [5.41, 5.74) is 7.05. The molecule has 0 atom stereocenters. The lowest BCUT2D eigenvalue weighted by atomic mass is 10.1. The smallest absolute Gasteiger partial charge is 0.338 e. The molecule has 2 aromatic heterocycles. The number of nitrogens with zero attached hydrogens (tertiary/aromatic N) is 1. The zero-order chi connectivity index (χ0) is 17.1. The summed E-state index contributed by atoms with van der Waals surface area (Å²) in [7, 11) is 0.